The van der Waals surface area contributed by atoms with Crippen molar-refractivity contribution in [2.24, 2.45) is 0 Å². The van der Waals surface area contributed by atoms with Gasteiger partial charge in [-0.1, -0.05) is 29.3 Å². The predicted molar refractivity (Wildman–Crippen MR) is 89.5 cm³/mol. The molecule has 116 valence electrons. The Hall–Kier alpha value is -2.55. The highest BCUT2D eigenvalue weighted by atomic mass is 35.5. The molecule has 0 aliphatic carbocycles. The molecule has 0 atom stereocenters. The van der Waals surface area contributed by atoms with Crippen LogP contribution in [-0.2, 0) is 9.59 Å². The molecular weight excluding hydrogens is 337 g/mol. The van der Waals surface area contributed by atoms with Crippen molar-refractivity contribution >= 4 is 46.4 Å². The molecule has 7 heteroatoms. The third-order valence-corrected chi connectivity index (χ3v) is 3.36. The predicted octanol–water partition coefficient (Wildman–Crippen LogP) is 3.83. The van der Waals surface area contributed by atoms with Crippen molar-refractivity contribution in [1.82, 2.24) is 0 Å². The van der Waals surface area contributed by atoms with Gasteiger partial charge in [0.2, 0.25) is 11.8 Å². The van der Waals surface area contributed by atoms with Crippen molar-refractivity contribution in [2.75, 3.05) is 10.6 Å². The van der Waals surface area contributed by atoms with Crippen molar-refractivity contribution in [3.8, 4) is 6.07 Å². The summed E-state index contributed by atoms with van der Waals surface area (Å²) in [6, 6.07) is 13.0. The standard InChI is InChI=1S/C16H11Cl2N3O2/c17-11-4-5-13(18)14(7-11)21-16(23)8-15(22)20-12-3-1-2-10(6-12)9-19/h1-7H,8H2,(H,20,22)(H,21,23). The molecule has 2 amide bonds. The number of nitrogens with one attached hydrogen (secondary N) is 2. The first-order chi connectivity index (χ1) is 11.0. The fraction of sp³-hybridized carbons (Fsp3) is 0.0625. The Bertz CT molecular complexity index is 800. The van der Waals surface area contributed by atoms with E-state index < -0.39 is 11.8 Å². The van der Waals surface area contributed by atoms with E-state index in [0.717, 1.165) is 0 Å². The molecule has 2 aromatic carbocycles. The van der Waals surface area contributed by atoms with Crippen LogP contribution in [-0.4, -0.2) is 11.8 Å². The molecule has 0 fully saturated rings. The lowest BCUT2D eigenvalue weighted by atomic mass is 10.2. The molecule has 0 unspecified atom stereocenters. The maximum atomic E-state index is 11.9. The van der Waals surface area contributed by atoms with Gasteiger partial charge >= 0.3 is 0 Å². The maximum Gasteiger partial charge on any atom is 0.233 e. The Labute approximate surface area is 142 Å². The number of amides is 2. The molecule has 0 aliphatic heterocycles. The second-order valence-electron chi connectivity index (χ2n) is 4.59. The van der Waals surface area contributed by atoms with Gasteiger partial charge in [0, 0.05) is 10.7 Å². The van der Waals surface area contributed by atoms with Crippen LogP contribution in [0.3, 0.4) is 0 Å². The van der Waals surface area contributed by atoms with Crippen LogP contribution in [0.15, 0.2) is 42.5 Å². The zero-order valence-corrected chi connectivity index (χ0v) is 13.3. The van der Waals surface area contributed by atoms with Crippen molar-refractivity contribution < 1.29 is 9.59 Å². The van der Waals surface area contributed by atoms with Crippen LogP contribution in [0.5, 0.6) is 0 Å². The van der Waals surface area contributed by atoms with E-state index >= 15 is 0 Å². The zero-order chi connectivity index (χ0) is 16.8. The van der Waals surface area contributed by atoms with Gasteiger partial charge in [0.1, 0.15) is 6.42 Å². The van der Waals surface area contributed by atoms with Crippen molar-refractivity contribution in [2.45, 2.75) is 6.42 Å². The first-order valence-electron chi connectivity index (χ1n) is 6.53. The van der Waals surface area contributed by atoms with E-state index in [9.17, 15) is 9.59 Å². The highest BCUT2D eigenvalue weighted by molar-refractivity contribution is 6.35. The lowest BCUT2D eigenvalue weighted by molar-refractivity contribution is -0.123. The van der Waals surface area contributed by atoms with Gasteiger partial charge in [-0.2, -0.15) is 5.26 Å². The number of nitriles is 1. The van der Waals surface area contributed by atoms with Gasteiger partial charge in [0.25, 0.3) is 0 Å². The lowest BCUT2D eigenvalue weighted by Crippen LogP contribution is -2.21. The van der Waals surface area contributed by atoms with E-state index in [1.165, 1.54) is 12.1 Å². The number of carbonyl (C=O) groups is 2. The largest absolute Gasteiger partial charge is 0.326 e. The van der Waals surface area contributed by atoms with E-state index in [-0.39, 0.29) is 6.42 Å². The lowest BCUT2D eigenvalue weighted by Gasteiger charge is -2.08. The molecular formula is C16H11Cl2N3O2. The molecule has 0 aliphatic rings. The number of anilines is 2. The van der Waals surface area contributed by atoms with Crippen LogP contribution in [0.25, 0.3) is 0 Å². The Kier molecular flexibility index (Phi) is 5.58. The Morgan fingerprint density at radius 1 is 1.04 bits per heavy atom. The average molecular weight is 348 g/mol. The Balaban J connectivity index is 1.96. The third-order valence-electron chi connectivity index (χ3n) is 2.80. The summed E-state index contributed by atoms with van der Waals surface area (Å²) in [4.78, 5) is 23.7. The van der Waals surface area contributed by atoms with E-state index in [4.69, 9.17) is 28.5 Å². The number of nitrogens with zero attached hydrogens (tertiary/aromatic N) is 1. The van der Waals surface area contributed by atoms with Crippen molar-refractivity contribution in [1.29, 1.82) is 5.26 Å². The van der Waals surface area contributed by atoms with Gasteiger partial charge in [-0.25, -0.2) is 0 Å². The van der Waals surface area contributed by atoms with Crippen LogP contribution >= 0.6 is 23.2 Å². The number of hydrogen-bond acceptors (Lipinski definition) is 3. The van der Waals surface area contributed by atoms with Crippen LogP contribution in [0.4, 0.5) is 11.4 Å². The topological polar surface area (TPSA) is 82.0 Å². The summed E-state index contributed by atoms with van der Waals surface area (Å²) in [6.45, 7) is 0. The molecule has 0 saturated heterocycles. The van der Waals surface area contributed by atoms with Gasteiger partial charge in [-0.05, 0) is 36.4 Å². The minimum absolute atomic E-state index is 0.324. The van der Waals surface area contributed by atoms with Gasteiger partial charge in [-0.15, -0.1) is 0 Å². The molecule has 23 heavy (non-hydrogen) atoms. The second-order valence-corrected chi connectivity index (χ2v) is 5.43. The number of rotatable bonds is 4. The first kappa shape index (κ1) is 16.8. The summed E-state index contributed by atoms with van der Waals surface area (Å²) in [6.07, 6.45) is -0.389. The number of halogens is 2. The van der Waals surface area contributed by atoms with E-state index in [2.05, 4.69) is 10.6 Å². The molecule has 0 bridgehead atoms. The molecule has 2 rings (SSSR count). The monoisotopic (exact) mass is 347 g/mol. The smallest absolute Gasteiger partial charge is 0.233 e. The average Bonchev–Trinajstić information content (AvgIpc) is 2.50. The van der Waals surface area contributed by atoms with Gasteiger partial charge in [-0.3, -0.25) is 9.59 Å². The normalized spacial score (nSPS) is 9.78. The quantitative estimate of drug-likeness (QED) is 0.824. The molecule has 0 aromatic heterocycles. The summed E-state index contributed by atoms with van der Waals surface area (Å²) >= 11 is 11.8. The fourth-order valence-electron chi connectivity index (χ4n) is 1.81. The summed E-state index contributed by atoms with van der Waals surface area (Å²) < 4.78 is 0. The van der Waals surface area contributed by atoms with Crippen LogP contribution in [0.2, 0.25) is 10.0 Å². The van der Waals surface area contributed by atoms with E-state index in [0.29, 0.717) is 27.0 Å². The first-order valence-corrected chi connectivity index (χ1v) is 7.28. The zero-order valence-electron chi connectivity index (χ0n) is 11.8. The fourth-order valence-corrected chi connectivity index (χ4v) is 2.14. The molecule has 0 spiro atoms. The molecule has 0 saturated carbocycles. The molecule has 5 nitrogen and oxygen atoms in total. The highest BCUT2D eigenvalue weighted by Gasteiger charge is 2.12. The Morgan fingerprint density at radius 3 is 2.52 bits per heavy atom. The number of carbonyl (C=O) groups excluding carboxylic acids is 2. The Morgan fingerprint density at radius 2 is 1.78 bits per heavy atom. The summed E-state index contributed by atoms with van der Waals surface area (Å²) in [5, 5.41) is 14.6. The summed E-state index contributed by atoms with van der Waals surface area (Å²) in [7, 11) is 0. The third kappa shape index (κ3) is 4.99. The highest BCUT2D eigenvalue weighted by Crippen LogP contribution is 2.25. The van der Waals surface area contributed by atoms with Gasteiger partial charge < -0.3 is 10.6 Å². The second kappa shape index (κ2) is 7.63. The molecule has 0 radical (unpaired) electrons. The maximum absolute atomic E-state index is 11.9. The SMILES string of the molecule is N#Cc1cccc(NC(=O)CC(=O)Nc2cc(Cl)ccc2Cl)c1. The van der Waals surface area contributed by atoms with Crippen molar-refractivity contribution in [3.05, 3.63) is 58.1 Å². The van der Waals surface area contributed by atoms with E-state index in [1.807, 2.05) is 6.07 Å². The van der Waals surface area contributed by atoms with Crippen molar-refractivity contribution in [3.63, 3.8) is 0 Å². The van der Waals surface area contributed by atoms with Crippen LogP contribution in [0, 0.1) is 11.3 Å². The number of hydrogen-bond donors (Lipinski definition) is 2. The van der Waals surface area contributed by atoms with Gasteiger partial charge in [0.05, 0.1) is 22.3 Å². The summed E-state index contributed by atoms with van der Waals surface area (Å²) in [5.41, 5.74) is 1.20. The molecule has 2 aromatic rings. The minimum Gasteiger partial charge on any atom is -0.326 e. The molecule has 2 N–H and O–H groups in total. The van der Waals surface area contributed by atoms with Gasteiger partial charge in [0.15, 0.2) is 0 Å². The molecule has 0 heterocycles. The number of benzene rings is 2. The van der Waals surface area contributed by atoms with E-state index in [1.54, 1.807) is 30.3 Å². The minimum atomic E-state index is -0.525. The van der Waals surface area contributed by atoms with Crippen LogP contribution in [0.1, 0.15) is 12.0 Å². The van der Waals surface area contributed by atoms with Crippen LogP contribution < -0.4 is 10.6 Å². The summed E-state index contributed by atoms with van der Waals surface area (Å²) in [5.74, 6) is -1.03.